The van der Waals surface area contributed by atoms with Gasteiger partial charge in [0.2, 0.25) is 0 Å². The molecule has 0 radical (unpaired) electrons. The van der Waals surface area contributed by atoms with Gasteiger partial charge in [0.1, 0.15) is 48.1 Å². The Morgan fingerprint density at radius 1 is 0.958 bits per heavy atom. The SMILES string of the molecule is COCOc1cc(OC[C@H]2COC(C)(C)O2)cc2c1C(=O)OC(C)[C@H](C)/C=C\[C@@H](OC(=O)c1ccccc1)C1OC(C)(C)OC1C/C=C/2. The highest BCUT2D eigenvalue weighted by Gasteiger charge is 2.45. The Hall–Kier alpha value is -3.74. The summed E-state index contributed by atoms with van der Waals surface area (Å²) in [6, 6.07) is 12.2. The second-order valence-corrected chi connectivity index (χ2v) is 13.1. The lowest BCUT2D eigenvalue weighted by atomic mass is 9.98. The van der Waals surface area contributed by atoms with Gasteiger partial charge in [-0.1, -0.05) is 43.4 Å². The van der Waals surface area contributed by atoms with E-state index in [1.54, 1.807) is 55.5 Å². The molecule has 0 spiro atoms. The molecule has 2 aromatic carbocycles. The predicted octanol–water partition coefficient (Wildman–Crippen LogP) is 6.10. The summed E-state index contributed by atoms with van der Waals surface area (Å²) >= 11 is 0. The summed E-state index contributed by atoms with van der Waals surface area (Å²) in [4.78, 5) is 27.0. The van der Waals surface area contributed by atoms with E-state index in [4.69, 9.17) is 42.6 Å². The van der Waals surface area contributed by atoms with Gasteiger partial charge >= 0.3 is 11.9 Å². The first-order valence-electron chi connectivity index (χ1n) is 16.3. The van der Waals surface area contributed by atoms with Gasteiger partial charge in [0, 0.05) is 19.1 Å². The van der Waals surface area contributed by atoms with E-state index >= 15 is 0 Å². The topological polar surface area (TPSA) is 117 Å². The molecule has 3 unspecified atom stereocenters. The van der Waals surface area contributed by atoms with Crippen LogP contribution in [0.3, 0.4) is 0 Å². The van der Waals surface area contributed by atoms with E-state index < -0.39 is 47.9 Å². The molecule has 0 amide bonds. The van der Waals surface area contributed by atoms with Crippen LogP contribution in [-0.2, 0) is 33.2 Å². The van der Waals surface area contributed by atoms with Crippen molar-refractivity contribution >= 4 is 18.0 Å². The fraction of sp³-hybridized carbons (Fsp3) is 0.514. The zero-order valence-electron chi connectivity index (χ0n) is 28.6. The lowest BCUT2D eigenvalue weighted by molar-refractivity contribution is -0.152. The van der Waals surface area contributed by atoms with Crippen LogP contribution in [0.15, 0.2) is 60.7 Å². The summed E-state index contributed by atoms with van der Waals surface area (Å²) in [6.45, 7) is 11.6. The van der Waals surface area contributed by atoms with Crippen molar-refractivity contribution in [2.75, 3.05) is 27.1 Å². The highest BCUT2D eigenvalue weighted by molar-refractivity contribution is 5.97. The van der Waals surface area contributed by atoms with Crippen molar-refractivity contribution in [1.29, 1.82) is 0 Å². The van der Waals surface area contributed by atoms with Crippen LogP contribution in [0.4, 0.5) is 0 Å². The molecule has 2 saturated heterocycles. The maximum absolute atomic E-state index is 13.8. The molecule has 11 heteroatoms. The number of fused-ring (bicyclic) bond motifs is 2. The summed E-state index contributed by atoms with van der Waals surface area (Å²) in [5, 5.41) is 0. The van der Waals surface area contributed by atoms with Crippen molar-refractivity contribution in [3.05, 3.63) is 77.4 Å². The van der Waals surface area contributed by atoms with E-state index in [9.17, 15) is 9.59 Å². The second-order valence-electron chi connectivity index (χ2n) is 13.1. The minimum atomic E-state index is -0.930. The first kappa shape index (κ1) is 35.6. The van der Waals surface area contributed by atoms with Gasteiger partial charge in [-0.15, -0.1) is 0 Å². The normalized spacial score (nSPS) is 29.4. The maximum Gasteiger partial charge on any atom is 0.342 e. The van der Waals surface area contributed by atoms with Crippen LogP contribution in [0.5, 0.6) is 11.5 Å². The molecule has 0 aromatic heterocycles. The van der Waals surface area contributed by atoms with E-state index in [-0.39, 0.29) is 36.7 Å². The second kappa shape index (κ2) is 15.2. The number of esters is 2. The van der Waals surface area contributed by atoms with Gasteiger partial charge in [-0.25, -0.2) is 9.59 Å². The molecule has 6 atom stereocenters. The third kappa shape index (κ3) is 9.03. The minimum absolute atomic E-state index is 0.0948. The Bertz CT molecular complexity index is 1480. The van der Waals surface area contributed by atoms with Gasteiger partial charge in [-0.3, -0.25) is 0 Å². The smallest absolute Gasteiger partial charge is 0.342 e. The monoisotopic (exact) mass is 666 g/mol. The lowest BCUT2D eigenvalue weighted by Crippen LogP contribution is -2.37. The molecule has 2 fully saturated rings. The van der Waals surface area contributed by atoms with Crippen LogP contribution < -0.4 is 9.47 Å². The summed E-state index contributed by atoms with van der Waals surface area (Å²) in [6.07, 6.45) is 5.02. The predicted molar refractivity (Wildman–Crippen MR) is 176 cm³/mol. The molecule has 2 aromatic rings. The Morgan fingerprint density at radius 3 is 2.44 bits per heavy atom. The number of carbonyl (C=O) groups is 2. The van der Waals surface area contributed by atoms with Crippen LogP contribution in [0.1, 0.15) is 74.2 Å². The van der Waals surface area contributed by atoms with Crippen molar-refractivity contribution in [2.24, 2.45) is 5.92 Å². The molecule has 3 aliphatic rings. The van der Waals surface area contributed by atoms with Crippen LogP contribution in [0.25, 0.3) is 6.08 Å². The van der Waals surface area contributed by atoms with Crippen LogP contribution in [0.2, 0.25) is 0 Å². The fourth-order valence-corrected chi connectivity index (χ4v) is 5.73. The van der Waals surface area contributed by atoms with E-state index in [2.05, 4.69) is 0 Å². The molecule has 0 bridgehead atoms. The number of ether oxygens (including phenoxy) is 9. The fourth-order valence-electron chi connectivity index (χ4n) is 5.73. The molecule has 0 N–H and O–H groups in total. The van der Waals surface area contributed by atoms with E-state index in [0.29, 0.717) is 29.9 Å². The zero-order valence-corrected chi connectivity index (χ0v) is 28.6. The first-order chi connectivity index (χ1) is 22.8. The van der Waals surface area contributed by atoms with Crippen molar-refractivity contribution in [1.82, 2.24) is 0 Å². The molecule has 3 heterocycles. The highest BCUT2D eigenvalue weighted by Crippen LogP contribution is 2.36. The number of hydrogen-bond donors (Lipinski definition) is 0. The summed E-state index contributed by atoms with van der Waals surface area (Å²) in [5.41, 5.74) is 1.17. The lowest BCUT2D eigenvalue weighted by Gasteiger charge is -2.26. The molecule has 3 aliphatic heterocycles. The Labute approximate surface area is 282 Å². The largest absolute Gasteiger partial charge is 0.491 e. The summed E-state index contributed by atoms with van der Waals surface area (Å²) < 4.78 is 53.4. The number of methoxy groups -OCH3 is 1. The molecular weight excluding hydrogens is 620 g/mol. The van der Waals surface area contributed by atoms with Crippen LogP contribution in [0, 0.1) is 5.92 Å². The molecule has 260 valence electrons. The number of carbonyl (C=O) groups excluding carboxylic acids is 2. The van der Waals surface area contributed by atoms with Crippen molar-refractivity contribution in [2.45, 2.75) is 90.1 Å². The van der Waals surface area contributed by atoms with E-state index in [0.717, 1.165) is 0 Å². The Morgan fingerprint density at radius 2 is 1.73 bits per heavy atom. The number of benzene rings is 2. The average molecular weight is 667 g/mol. The van der Waals surface area contributed by atoms with Gasteiger partial charge in [-0.05, 0) is 70.9 Å². The minimum Gasteiger partial charge on any atom is -0.491 e. The Balaban J connectivity index is 1.49. The quantitative estimate of drug-likeness (QED) is 0.185. The van der Waals surface area contributed by atoms with Gasteiger partial charge in [0.15, 0.2) is 18.4 Å². The Kier molecular flexibility index (Phi) is 11.3. The van der Waals surface area contributed by atoms with Gasteiger partial charge in [-0.2, -0.15) is 0 Å². The molecule has 0 aliphatic carbocycles. The highest BCUT2D eigenvalue weighted by atomic mass is 16.8. The molecule has 11 nitrogen and oxygen atoms in total. The average Bonchev–Trinajstić information content (AvgIpc) is 3.56. The van der Waals surface area contributed by atoms with Crippen molar-refractivity contribution < 1.29 is 52.2 Å². The van der Waals surface area contributed by atoms with Crippen molar-refractivity contribution in [3.63, 3.8) is 0 Å². The number of rotatable bonds is 8. The molecule has 5 rings (SSSR count). The number of cyclic esters (lactones) is 1. The maximum atomic E-state index is 13.8. The zero-order chi connectivity index (χ0) is 34.5. The van der Waals surface area contributed by atoms with Gasteiger partial charge in [0.05, 0.1) is 18.3 Å². The summed E-state index contributed by atoms with van der Waals surface area (Å²) in [7, 11) is 1.50. The van der Waals surface area contributed by atoms with Crippen LogP contribution in [-0.4, -0.2) is 81.1 Å². The molecule has 0 saturated carbocycles. The number of hydrogen-bond acceptors (Lipinski definition) is 11. The molecule has 48 heavy (non-hydrogen) atoms. The summed E-state index contributed by atoms with van der Waals surface area (Å²) in [5.74, 6) is -2.22. The van der Waals surface area contributed by atoms with Gasteiger partial charge in [0.25, 0.3) is 0 Å². The van der Waals surface area contributed by atoms with E-state index in [1.807, 2.05) is 52.8 Å². The third-order valence-electron chi connectivity index (χ3n) is 8.25. The molecular formula is C37H46O11. The van der Waals surface area contributed by atoms with Crippen LogP contribution >= 0.6 is 0 Å². The van der Waals surface area contributed by atoms with Crippen molar-refractivity contribution in [3.8, 4) is 11.5 Å². The van der Waals surface area contributed by atoms with E-state index in [1.165, 1.54) is 7.11 Å². The third-order valence-corrected chi connectivity index (χ3v) is 8.25. The van der Waals surface area contributed by atoms with Gasteiger partial charge < -0.3 is 42.6 Å². The standard InChI is InChI=1S/C37H46O11/c1-23-16-17-29(45-34(38)25-12-9-8-10-13-25)33-30(47-37(5,6)48-33)15-11-14-26-18-27(41-20-28-21-43-36(3,4)46-28)19-31(42-22-40-7)32(26)35(39)44-24(23)2/h8-14,16-19,23-24,28-30,33H,15,20-22H2,1-7H3/b14-11+,17-16-/t23-,24?,28+,29-,30?,33?/m1/s1. The first-order valence-corrected chi connectivity index (χ1v) is 16.3.